The Morgan fingerprint density at radius 3 is 2.42 bits per heavy atom. The van der Waals surface area contributed by atoms with E-state index in [4.69, 9.17) is 28.5 Å². The molecule has 0 saturated heterocycles. The Morgan fingerprint density at radius 1 is 1.08 bits per heavy atom. The van der Waals surface area contributed by atoms with Gasteiger partial charge in [-0.25, -0.2) is 5.43 Å². The van der Waals surface area contributed by atoms with Gasteiger partial charge in [-0.15, -0.1) is 0 Å². The number of hydrazone groups is 1. The molecule has 0 radical (unpaired) electrons. The van der Waals surface area contributed by atoms with E-state index in [1.54, 1.807) is 36.4 Å². The molecule has 2 aromatic carbocycles. The molecule has 2 N–H and O–H groups in total. The Morgan fingerprint density at radius 2 is 1.77 bits per heavy atom. The second kappa shape index (κ2) is 9.56. The van der Waals surface area contributed by atoms with Gasteiger partial charge in [0.1, 0.15) is 0 Å². The first-order valence-electron chi connectivity index (χ1n) is 7.55. The van der Waals surface area contributed by atoms with E-state index >= 15 is 0 Å². The molecule has 2 amide bonds. The zero-order chi connectivity index (χ0) is 18.9. The maximum Gasteiger partial charge on any atom is 0.240 e. The van der Waals surface area contributed by atoms with E-state index in [-0.39, 0.29) is 18.7 Å². The summed E-state index contributed by atoms with van der Waals surface area (Å²) >= 11 is 11.8. The van der Waals surface area contributed by atoms with Crippen molar-refractivity contribution in [3.05, 3.63) is 63.6 Å². The van der Waals surface area contributed by atoms with E-state index in [1.165, 1.54) is 12.3 Å². The summed E-state index contributed by atoms with van der Waals surface area (Å²) in [5, 5.41) is 15.9. The van der Waals surface area contributed by atoms with Crippen molar-refractivity contribution >= 4 is 46.9 Å². The van der Waals surface area contributed by atoms with E-state index in [2.05, 4.69) is 15.8 Å². The number of nitrogens with one attached hydrogen (secondary N) is 2. The van der Waals surface area contributed by atoms with Gasteiger partial charge in [-0.3, -0.25) is 9.59 Å². The highest BCUT2D eigenvalue weighted by Gasteiger charge is 2.09. The van der Waals surface area contributed by atoms with Gasteiger partial charge in [0.05, 0.1) is 28.6 Å². The minimum Gasteiger partial charge on any atom is -0.325 e. The lowest BCUT2D eigenvalue weighted by Gasteiger charge is -2.07. The molecular formula is C18H14Cl2N4O2. The molecule has 0 aromatic heterocycles. The molecular weight excluding hydrogens is 375 g/mol. The summed E-state index contributed by atoms with van der Waals surface area (Å²) < 4.78 is 0. The van der Waals surface area contributed by atoms with Crippen LogP contribution in [0.5, 0.6) is 0 Å². The van der Waals surface area contributed by atoms with Crippen LogP contribution in [0.1, 0.15) is 24.0 Å². The molecule has 0 unspecified atom stereocenters. The van der Waals surface area contributed by atoms with Crippen molar-refractivity contribution in [1.29, 1.82) is 5.26 Å². The first-order valence-corrected chi connectivity index (χ1v) is 8.30. The van der Waals surface area contributed by atoms with E-state index in [9.17, 15) is 9.59 Å². The van der Waals surface area contributed by atoms with Crippen molar-refractivity contribution in [3.63, 3.8) is 0 Å². The van der Waals surface area contributed by atoms with E-state index < -0.39 is 5.91 Å². The number of amides is 2. The van der Waals surface area contributed by atoms with Gasteiger partial charge >= 0.3 is 0 Å². The Bertz CT molecular complexity index is 874. The summed E-state index contributed by atoms with van der Waals surface area (Å²) in [7, 11) is 0. The maximum atomic E-state index is 11.9. The van der Waals surface area contributed by atoms with Gasteiger partial charge in [-0.1, -0.05) is 35.3 Å². The molecule has 0 aliphatic carbocycles. The topological polar surface area (TPSA) is 94.3 Å². The Balaban J connectivity index is 1.76. The number of carbonyl (C=O) groups is 2. The molecule has 0 bridgehead atoms. The molecule has 6 nitrogen and oxygen atoms in total. The summed E-state index contributed by atoms with van der Waals surface area (Å²) in [4.78, 5) is 23.6. The third-order valence-corrected chi connectivity index (χ3v) is 3.77. The fourth-order valence-electron chi connectivity index (χ4n) is 1.91. The predicted molar refractivity (Wildman–Crippen MR) is 101 cm³/mol. The van der Waals surface area contributed by atoms with Crippen LogP contribution in [0.15, 0.2) is 47.6 Å². The zero-order valence-corrected chi connectivity index (χ0v) is 15.0. The van der Waals surface area contributed by atoms with Crippen molar-refractivity contribution < 1.29 is 9.59 Å². The molecule has 2 rings (SSSR count). The van der Waals surface area contributed by atoms with Crippen molar-refractivity contribution in [3.8, 4) is 6.07 Å². The molecule has 2 aromatic rings. The Hall–Kier alpha value is -2.88. The number of anilines is 1. The van der Waals surface area contributed by atoms with Gasteiger partial charge in [0.15, 0.2) is 0 Å². The van der Waals surface area contributed by atoms with E-state index in [1.807, 2.05) is 6.07 Å². The summed E-state index contributed by atoms with van der Waals surface area (Å²) in [6.07, 6.45) is 1.41. The third kappa shape index (κ3) is 6.20. The average Bonchev–Trinajstić information content (AvgIpc) is 2.63. The van der Waals surface area contributed by atoms with Crippen LogP contribution < -0.4 is 10.7 Å². The monoisotopic (exact) mass is 388 g/mol. The van der Waals surface area contributed by atoms with E-state index in [0.717, 1.165) is 5.56 Å². The zero-order valence-electron chi connectivity index (χ0n) is 13.5. The van der Waals surface area contributed by atoms with Crippen LogP contribution in [0.3, 0.4) is 0 Å². The highest BCUT2D eigenvalue weighted by molar-refractivity contribution is 6.36. The molecule has 0 spiro atoms. The summed E-state index contributed by atoms with van der Waals surface area (Å²) in [6, 6.07) is 13.4. The van der Waals surface area contributed by atoms with Gasteiger partial charge < -0.3 is 5.32 Å². The standard InChI is InChI=1S/C18H14Cl2N4O2/c19-14-5-6-16(15(20)9-14)23-17(25)7-8-18(26)24-22-11-13-3-1-12(10-21)2-4-13/h1-6,9,11H,7-8H2,(H,23,25)(H,24,26). The maximum absolute atomic E-state index is 11.9. The first-order chi connectivity index (χ1) is 12.5. The van der Waals surface area contributed by atoms with E-state index in [0.29, 0.717) is 21.3 Å². The van der Waals surface area contributed by atoms with Gasteiger partial charge in [0.25, 0.3) is 0 Å². The summed E-state index contributed by atoms with van der Waals surface area (Å²) in [5.74, 6) is -0.743. The minimum atomic E-state index is -0.396. The first kappa shape index (κ1) is 19.4. The number of nitriles is 1. The predicted octanol–water partition coefficient (Wildman–Crippen LogP) is 3.73. The molecule has 0 saturated carbocycles. The number of rotatable bonds is 6. The molecule has 0 aliphatic heterocycles. The lowest BCUT2D eigenvalue weighted by Crippen LogP contribution is -2.20. The quantitative estimate of drug-likeness (QED) is 0.582. The summed E-state index contributed by atoms with van der Waals surface area (Å²) in [6.45, 7) is 0. The fraction of sp³-hybridized carbons (Fsp3) is 0.111. The van der Waals surface area contributed by atoms with Crippen LogP contribution in [0.2, 0.25) is 10.0 Å². The van der Waals surface area contributed by atoms with Gasteiger partial charge in [0, 0.05) is 17.9 Å². The largest absolute Gasteiger partial charge is 0.325 e. The molecule has 0 fully saturated rings. The van der Waals surface area contributed by atoms with Crippen LogP contribution in [0.4, 0.5) is 5.69 Å². The number of benzene rings is 2. The van der Waals surface area contributed by atoms with Crippen molar-refractivity contribution in [2.24, 2.45) is 5.10 Å². The van der Waals surface area contributed by atoms with Crippen molar-refractivity contribution in [1.82, 2.24) is 5.43 Å². The fourth-order valence-corrected chi connectivity index (χ4v) is 2.36. The molecule has 8 heteroatoms. The normalized spacial score (nSPS) is 10.3. The van der Waals surface area contributed by atoms with Crippen LogP contribution in [0.25, 0.3) is 0 Å². The van der Waals surface area contributed by atoms with Crippen LogP contribution in [-0.2, 0) is 9.59 Å². The number of carbonyl (C=O) groups excluding carboxylic acids is 2. The Kier molecular flexibility index (Phi) is 7.15. The van der Waals surface area contributed by atoms with Crippen molar-refractivity contribution in [2.45, 2.75) is 12.8 Å². The molecule has 26 heavy (non-hydrogen) atoms. The smallest absolute Gasteiger partial charge is 0.240 e. The number of hydrogen-bond donors (Lipinski definition) is 2. The number of nitrogens with zero attached hydrogens (tertiary/aromatic N) is 2. The van der Waals surface area contributed by atoms with Gasteiger partial charge in [0.2, 0.25) is 11.8 Å². The van der Waals surface area contributed by atoms with Gasteiger partial charge in [-0.2, -0.15) is 10.4 Å². The van der Waals surface area contributed by atoms with Crippen LogP contribution in [0, 0.1) is 11.3 Å². The van der Waals surface area contributed by atoms with Gasteiger partial charge in [-0.05, 0) is 35.9 Å². The number of halogens is 2. The SMILES string of the molecule is N#Cc1ccc(C=NNC(=O)CCC(=O)Nc2ccc(Cl)cc2Cl)cc1. The minimum absolute atomic E-state index is 0.0167. The third-order valence-electron chi connectivity index (χ3n) is 3.23. The second-order valence-electron chi connectivity index (χ2n) is 5.20. The summed E-state index contributed by atoms with van der Waals surface area (Å²) in [5.41, 5.74) is 4.05. The molecule has 0 atom stereocenters. The highest BCUT2D eigenvalue weighted by Crippen LogP contribution is 2.25. The molecule has 0 heterocycles. The lowest BCUT2D eigenvalue weighted by atomic mass is 10.2. The van der Waals surface area contributed by atoms with Crippen LogP contribution >= 0.6 is 23.2 Å². The second-order valence-corrected chi connectivity index (χ2v) is 6.04. The lowest BCUT2D eigenvalue weighted by molar-refractivity contribution is -0.124. The molecule has 0 aliphatic rings. The number of hydrogen-bond acceptors (Lipinski definition) is 4. The highest BCUT2D eigenvalue weighted by atomic mass is 35.5. The average molecular weight is 389 g/mol. The molecule has 132 valence electrons. The van der Waals surface area contributed by atoms with Crippen LogP contribution in [-0.4, -0.2) is 18.0 Å². The van der Waals surface area contributed by atoms with Crippen molar-refractivity contribution in [2.75, 3.05) is 5.32 Å². The Labute approximate surface area is 160 Å².